The first-order valence-corrected chi connectivity index (χ1v) is 6.26. The van der Waals surface area contributed by atoms with Crippen LogP contribution in [0.5, 0.6) is 0 Å². The van der Waals surface area contributed by atoms with Gasteiger partial charge in [-0.3, -0.25) is 9.89 Å². The van der Waals surface area contributed by atoms with Crippen LogP contribution < -0.4 is 11.1 Å². The summed E-state index contributed by atoms with van der Waals surface area (Å²) in [5, 5.41) is 9.56. The van der Waals surface area contributed by atoms with Crippen LogP contribution in [0.25, 0.3) is 0 Å². The maximum absolute atomic E-state index is 12.3. The highest BCUT2D eigenvalue weighted by atomic mass is 16.1. The van der Waals surface area contributed by atoms with Gasteiger partial charge in [0.15, 0.2) is 0 Å². The molecule has 2 atom stereocenters. The van der Waals surface area contributed by atoms with Gasteiger partial charge in [-0.25, -0.2) is 0 Å². The van der Waals surface area contributed by atoms with E-state index >= 15 is 0 Å². The van der Waals surface area contributed by atoms with Crippen molar-refractivity contribution in [2.45, 2.75) is 18.9 Å². The monoisotopic (exact) mass is 258 g/mol. The zero-order valence-corrected chi connectivity index (χ0v) is 10.8. The molecule has 2 aromatic rings. The van der Waals surface area contributed by atoms with Crippen molar-refractivity contribution >= 4 is 5.91 Å². The van der Waals surface area contributed by atoms with Crippen LogP contribution in [-0.2, 0) is 4.79 Å². The number of aromatic amines is 1. The van der Waals surface area contributed by atoms with Gasteiger partial charge >= 0.3 is 0 Å². The van der Waals surface area contributed by atoms with Gasteiger partial charge in [0.2, 0.25) is 5.91 Å². The highest BCUT2D eigenvalue weighted by Crippen LogP contribution is 2.17. The fourth-order valence-corrected chi connectivity index (χ4v) is 1.97. The number of carbonyl (C=O) groups is 1. The second-order valence-electron chi connectivity index (χ2n) is 4.46. The van der Waals surface area contributed by atoms with Crippen molar-refractivity contribution < 1.29 is 4.79 Å². The van der Waals surface area contributed by atoms with Gasteiger partial charge in [0.25, 0.3) is 0 Å². The number of H-pyrrole nitrogens is 1. The van der Waals surface area contributed by atoms with Gasteiger partial charge < -0.3 is 11.1 Å². The van der Waals surface area contributed by atoms with Crippen LogP contribution in [0.3, 0.4) is 0 Å². The average molecular weight is 258 g/mol. The Hall–Kier alpha value is -2.14. The highest BCUT2D eigenvalue weighted by molar-refractivity contribution is 5.84. The third kappa shape index (κ3) is 3.20. The Morgan fingerprint density at radius 2 is 2.11 bits per heavy atom. The normalized spacial score (nSPS) is 13.8. The molecule has 4 N–H and O–H groups in total. The van der Waals surface area contributed by atoms with Crippen LogP contribution in [0.15, 0.2) is 42.7 Å². The molecule has 0 aliphatic carbocycles. The lowest BCUT2D eigenvalue weighted by Gasteiger charge is -2.18. The first-order chi connectivity index (χ1) is 9.22. The molecule has 0 radical (unpaired) electrons. The summed E-state index contributed by atoms with van der Waals surface area (Å²) in [5.74, 6) is -0.391. The first-order valence-electron chi connectivity index (χ1n) is 6.26. The SMILES string of the molecule is CC(NC(=O)C(CN)c1ccccc1)c1cn[nH]c1. The van der Waals surface area contributed by atoms with Gasteiger partial charge in [-0.15, -0.1) is 0 Å². The number of nitrogens with zero attached hydrogens (tertiary/aromatic N) is 1. The van der Waals surface area contributed by atoms with Gasteiger partial charge in [0, 0.05) is 18.3 Å². The second kappa shape index (κ2) is 6.15. The summed E-state index contributed by atoms with van der Waals surface area (Å²) in [5.41, 5.74) is 7.59. The molecule has 0 aliphatic heterocycles. The molecule has 1 aromatic carbocycles. The molecule has 1 amide bonds. The molecule has 1 heterocycles. The predicted molar refractivity (Wildman–Crippen MR) is 73.4 cm³/mol. The third-order valence-electron chi connectivity index (χ3n) is 3.13. The van der Waals surface area contributed by atoms with Crippen molar-refractivity contribution in [3.8, 4) is 0 Å². The Balaban J connectivity index is 2.06. The van der Waals surface area contributed by atoms with Crippen LogP contribution >= 0.6 is 0 Å². The van der Waals surface area contributed by atoms with E-state index < -0.39 is 0 Å². The molecule has 2 unspecified atom stereocenters. The predicted octanol–water partition coefficient (Wildman–Crippen LogP) is 1.33. The molecule has 5 nitrogen and oxygen atoms in total. The quantitative estimate of drug-likeness (QED) is 0.756. The van der Waals surface area contributed by atoms with Crippen molar-refractivity contribution in [3.63, 3.8) is 0 Å². The minimum Gasteiger partial charge on any atom is -0.349 e. The van der Waals surface area contributed by atoms with E-state index in [1.165, 1.54) is 0 Å². The van der Waals surface area contributed by atoms with Crippen LogP contribution in [0.2, 0.25) is 0 Å². The summed E-state index contributed by atoms with van der Waals surface area (Å²) in [7, 11) is 0. The molecule has 1 aromatic heterocycles. The lowest BCUT2D eigenvalue weighted by molar-refractivity contribution is -0.123. The summed E-state index contributed by atoms with van der Waals surface area (Å²) >= 11 is 0. The van der Waals surface area contributed by atoms with Crippen molar-refractivity contribution in [3.05, 3.63) is 53.9 Å². The number of nitrogens with two attached hydrogens (primary N) is 1. The molecule has 2 rings (SSSR count). The van der Waals surface area contributed by atoms with Crippen LogP contribution in [0, 0.1) is 0 Å². The number of carbonyl (C=O) groups excluding carboxylic acids is 1. The number of nitrogens with one attached hydrogen (secondary N) is 2. The van der Waals surface area contributed by atoms with E-state index in [1.54, 1.807) is 12.4 Å². The molecule has 0 saturated carbocycles. The van der Waals surface area contributed by atoms with Gasteiger partial charge in [0.05, 0.1) is 18.2 Å². The Morgan fingerprint density at radius 1 is 1.37 bits per heavy atom. The highest BCUT2D eigenvalue weighted by Gasteiger charge is 2.20. The summed E-state index contributed by atoms with van der Waals surface area (Å²) in [4.78, 5) is 12.3. The van der Waals surface area contributed by atoms with Crippen molar-refractivity contribution in [2.75, 3.05) is 6.54 Å². The first kappa shape index (κ1) is 13.3. The number of hydrogen-bond donors (Lipinski definition) is 3. The topological polar surface area (TPSA) is 83.8 Å². The summed E-state index contributed by atoms with van der Waals surface area (Å²) in [6.45, 7) is 2.20. The molecule has 0 spiro atoms. The fourth-order valence-electron chi connectivity index (χ4n) is 1.97. The van der Waals surface area contributed by atoms with Gasteiger partial charge in [-0.1, -0.05) is 30.3 Å². The van der Waals surface area contributed by atoms with Gasteiger partial charge in [-0.2, -0.15) is 5.10 Å². The maximum Gasteiger partial charge on any atom is 0.229 e. The van der Waals surface area contributed by atoms with E-state index in [9.17, 15) is 4.79 Å². The molecule has 0 saturated heterocycles. The zero-order valence-electron chi connectivity index (χ0n) is 10.8. The van der Waals surface area contributed by atoms with Gasteiger partial charge in [-0.05, 0) is 12.5 Å². The third-order valence-corrected chi connectivity index (χ3v) is 3.13. The minimum atomic E-state index is -0.324. The van der Waals surface area contributed by atoms with Crippen molar-refractivity contribution in [1.29, 1.82) is 0 Å². The number of aromatic nitrogens is 2. The molecule has 100 valence electrons. The van der Waals surface area contributed by atoms with E-state index in [0.717, 1.165) is 11.1 Å². The van der Waals surface area contributed by atoms with Gasteiger partial charge in [0.1, 0.15) is 0 Å². The Morgan fingerprint density at radius 3 is 2.68 bits per heavy atom. The summed E-state index contributed by atoms with van der Waals surface area (Å²) < 4.78 is 0. The largest absolute Gasteiger partial charge is 0.349 e. The van der Waals surface area contributed by atoms with E-state index in [0.29, 0.717) is 0 Å². The zero-order chi connectivity index (χ0) is 13.7. The number of benzene rings is 1. The molecule has 5 heteroatoms. The molecular formula is C14H18N4O. The van der Waals surface area contributed by atoms with Crippen LogP contribution in [0.1, 0.15) is 30.0 Å². The van der Waals surface area contributed by atoms with E-state index in [-0.39, 0.29) is 24.4 Å². The molecule has 0 aliphatic rings. The van der Waals surface area contributed by atoms with Crippen LogP contribution in [-0.4, -0.2) is 22.6 Å². The molecular weight excluding hydrogens is 240 g/mol. The van der Waals surface area contributed by atoms with Crippen molar-refractivity contribution in [2.24, 2.45) is 5.73 Å². The smallest absolute Gasteiger partial charge is 0.229 e. The lowest BCUT2D eigenvalue weighted by atomic mass is 9.98. The molecule has 0 bridgehead atoms. The van der Waals surface area contributed by atoms with Crippen LogP contribution in [0.4, 0.5) is 0 Å². The molecule has 19 heavy (non-hydrogen) atoms. The Labute approximate surface area is 112 Å². The standard InChI is InChI=1S/C14H18N4O/c1-10(12-8-16-17-9-12)18-14(19)13(7-15)11-5-3-2-4-6-11/h2-6,8-10,13H,7,15H2,1H3,(H,16,17)(H,18,19). The fraction of sp³-hybridized carbons (Fsp3) is 0.286. The Bertz CT molecular complexity index is 510. The lowest BCUT2D eigenvalue weighted by Crippen LogP contribution is -2.35. The van der Waals surface area contributed by atoms with E-state index in [1.807, 2.05) is 37.3 Å². The second-order valence-corrected chi connectivity index (χ2v) is 4.46. The minimum absolute atomic E-state index is 0.0672. The van der Waals surface area contributed by atoms with Crippen molar-refractivity contribution in [1.82, 2.24) is 15.5 Å². The number of rotatable bonds is 5. The maximum atomic E-state index is 12.3. The average Bonchev–Trinajstić information content (AvgIpc) is 2.94. The summed E-state index contributed by atoms with van der Waals surface area (Å²) in [6.07, 6.45) is 3.47. The van der Waals surface area contributed by atoms with E-state index in [4.69, 9.17) is 5.73 Å². The van der Waals surface area contributed by atoms with E-state index in [2.05, 4.69) is 15.5 Å². The molecule has 0 fully saturated rings. The summed E-state index contributed by atoms with van der Waals surface area (Å²) in [6, 6.07) is 9.47. The Kier molecular flexibility index (Phi) is 4.30. The number of amides is 1. The number of hydrogen-bond acceptors (Lipinski definition) is 3.